The quantitative estimate of drug-likeness (QED) is 0.291. The normalized spacial score (nSPS) is 20.8. The van der Waals surface area contributed by atoms with Gasteiger partial charge in [-0.15, -0.1) is 0 Å². The number of aliphatic hydroxyl groups is 1. The third kappa shape index (κ3) is 4.52. The molecule has 4 N–H and O–H groups in total. The minimum absolute atomic E-state index is 0.111. The fraction of sp³-hybridized carbons (Fsp3) is 0.917. The Kier molecular flexibility index (Phi) is 5.21. The van der Waals surface area contributed by atoms with Crippen LogP contribution in [0.3, 0.4) is 0 Å². The average Bonchev–Trinajstić information content (AvgIpc) is 2.30. The zero-order valence-electron chi connectivity index (χ0n) is 10.9. The van der Waals surface area contributed by atoms with E-state index in [1.807, 2.05) is 13.8 Å². The van der Waals surface area contributed by atoms with Gasteiger partial charge in [-0.25, -0.2) is 0 Å². The molecule has 0 bridgehead atoms. The first kappa shape index (κ1) is 14.3. The number of likely N-dealkylation sites (tertiary alicyclic amines) is 1. The molecule has 0 atom stereocenters. The van der Waals surface area contributed by atoms with Gasteiger partial charge in [-0.3, -0.25) is 0 Å². The predicted molar refractivity (Wildman–Crippen MR) is 68.1 cm³/mol. The number of nitrogens with zero attached hydrogens (tertiary/aromatic N) is 2. The first-order valence-corrected chi connectivity index (χ1v) is 6.34. The van der Waals surface area contributed by atoms with Crippen molar-refractivity contribution in [2.45, 2.75) is 45.6 Å². The number of oxime groups is 1. The molecule has 0 aromatic rings. The maximum atomic E-state index is 9.40. The largest absolute Gasteiger partial charge is 0.409 e. The highest BCUT2D eigenvalue weighted by Gasteiger charge is 2.24. The van der Waals surface area contributed by atoms with E-state index < -0.39 is 0 Å². The summed E-state index contributed by atoms with van der Waals surface area (Å²) in [5.41, 5.74) is 5.40. The SMILES string of the molecule is CC(C)(CCCN1CCC(O)CC1)C(N)=NO. The molecule has 0 amide bonds. The van der Waals surface area contributed by atoms with Gasteiger partial charge in [0.25, 0.3) is 0 Å². The summed E-state index contributed by atoms with van der Waals surface area (Å²) in [7, 11) is 0. The van der Waals surface area contributed by atoms with Crippen molar-refractivity contribution in [2.75, 3.05) is 19.6 Å². The highest BCUT2D eigenvalue weighted by Crippen LogP contribution is 2.23. The molecule has 5 nitrogen and oxygen atoms in total. The Morgan fingerprint density at radius 2 is 2.00 bits per heavy atom. The lowest BCUT2D eigenvalue weighted by Crippen LogP contribution is -2.37. The molecule has 0 aromatic carbocycles. The number of hydrogen-bond donors (Lipinski definition) is 3. The third-order valence-electron chi connectivity index (χ3n) is 3.63. The Balaban J connectivity index is 2.24. The molecular formula is C12H25N3O2. The van der Waals surface area contributed by atoms with Crippen molar-refractivity contribution in [3.63, 3.8) is 0 Å². The maximum Gasteiger partial charge on any atom is 0.144 e. The molecule has 1 aliphatic rings. The molecule has 0 spiro atoms. The van der Waals surface area contributed by atoms with Crippen molar-refractivity contribution >= 4 is 5.84 Å². The van der Waals surface area contributed by atoms with E-state index in [9.17, 15) is 5.11 Å². The smallest absolute Gasteiger partial charge is 0.144 e. The van der Waals surface area contributed by atoms with Crippen LogP contribution in [0.1, 0.15) is 39.5 Å². The van der Waals surface area contributed by atoms with E-state index in [2.05, 4.69) is 10.1 Å². The van der Waals surface area contributed by atoms with Crippen molar-refractivity contribution in [2.24, 2.45) is 16.3 Å². The summed E-state index contributed by atoms with van der Waals surface area (Å²) in [5.74, 6) is 0.298. The van der Waals surface area contributed by atoms with Crippen LogP contribution in [0.4, 0.5) is 0 Å². The van der Waals surface area contributed by atoms with Crippen molar-refractivity contribution in [1.82, 2.24) is 4.90 Å². The van der Waals surface area contributed by atoms with Crippen molar-refractivity contribution in [3.8, 4) is 0 Å². The minimum atomic E-state index is -0.246. The van der Waals surface area contributed by atoms with Crippen LogP contribution in [0.2, 0.25) is 0 Å². The molecule has 1 fully saturated rings. The summed E-state index contributed by atoms with van der Waals surface area (Å²) in [6.45, 7) is 6.95. The summed E-state index contributed by atoms with van der Waals surface area (Å²) in [6.07, 6.45) is 3.58. The second kappa shape index (κ2) is 6.21. The van der Waals surface area contributed by atoms with Crippen LogP contribution in [-0.4, -0.2) is 46.8 Å². The third-order valence-corrected chi connectivity index (χ3v) is 3.63. The van der Waals surface area contributed by atoms with E-state index >= 15 is 0 Å². The number of rotatable bonds is 5. The zero-order chi connectivity index (χ0) is 12.9. The van der Waals surface area contributed by atoms with Gasteiger partial charge in [-0.05, 0) is 32.2 Å². The van der Waals surface area contributed by atoms with Crippen LogP contribution < -0.4 is 5.73 Å². The highest BCUT2D eigenvalue weighted by molar-refractivity contribution is 5.85. The van der Waals surface area contributed by atoms with Crippen molar-refractivity contribution < 1.29 is 10.3 Å². The van der Waals surface area contributed by atoms with Gasteiger partial charge in [0.05, 0.1) is 6.10 Å². The number of aliphatic hydroxyl groups excluding tert-OH is 1. The molecule has 5 heteroatoms. The summed E-state index contributed by atoms with van der Waals surface area (Å²) in [5, 5.41) is 21.2. The Morgan fingerprint density at radius 1 is 1.41 bits per heavy atom. The molecular weight excluding hydrogens is 218 g/mol. The summed E-state index contributed by atoms with van der Waals surface area (Å²) >= 11 is 0. The lowest BCUT2D eigenvalue weighted by molar-refractivity contribution is 0.0809. The van der Waals surface area contributed by atoms with E-state index in [-0.39, 0.29) is 11.5 Å². The Labute approximate surface area is 103 Å². The number of piperidine rings is 1. The van der Waals surface area contributed by atoms with Crippen molar-refractivity contribution in [1.29, 1.82) is 0 Å². The molecule has 0 radical (unpaired) electrons. The zero-order valence-corrected chi connectivity index (χ0v) is 10.9. The Morgan fingerprint density at radius 3 is 2.53 bits per heavy atom. The van der Waals surface area contributed by atoms with Crippen LogP contribution in [0.25, 0.3) is 0 Å². The van der Waals surface area contributed by atoms with E-state index in [1.54, 1.807) is 0 Å². The van der Waals surface area contributed by atoms with Gasteiger partial charge < -0.3 is 20.9 Å². The van der Waals surface area contributed by atoms with E-state index in [0.29, 0.717) is 5.84 Å². The molecule has 1 aliphatic heterocycles. The molecule has 1 heterocycles. The predicted octanol–water partition coefficient (Wildman–Crippen LogP) is 0.996. The number of nitrogens with two attached hydrogens (primary N) is 1. The Hall–Kier alpha value is -0.810. The van der Waals surface area contributed by atoms with Crippen molar-refractivity contribution in [3.05, 3.63) is 0 Å². The van der Waals surface area contributed by atoms with Crippen LogP contribution in [0, 0.1) is 5.41 Å². The lowest BCUT2D eigenvalue weighted by Gasteiger charge is -2.30. The number of amidine groups is 1. The molecule has 0 aromatic heterocycles. The topological polar surface area (TPSA) is 82.1 Å². The van der Waals surface area contributed by atoms with Crippen LogP contribution >= 0.6 is 0 Å². The van der Waals surface area contributed by atoms with Crippen LogP contribution in [-0.2, 0) is 0 Å². The average molecular weight is 243 g/mol. The molecule has 0 unspecified atom stereocenters. The second-order valence-electron chi connectivity index (χ2n) is 5.55. The monoisotopic (exact) mass is 243 g/mol. The first-order chi connectivity index (χ1) is 7.95. The fourth-order valence-electron chi connectivity index (χ4n) is 2.15. The highest BCUT2D eigenvalue weighted by atomic mass is 16.4. The van der Waals surface area contributed by atoms with Gasteiger partial charge in [0.15, 0.2) is 0 Å². The van der Waals surface area contributed by atoms with Crippen LogP contribution in [0.15, 0.2) is 5.16 Å². The standard InChI is InChI=1S/C12H25N3O2/c1-12(2,11(13)14-17)6-3-7-15-8-4-10(16)5-9-15/h10,16-17H,3-9H2,1-2H3,(H2,13,14). The van der Waals surface area contributed by atoms with Gasteiger partial charge in [-0.1, -0.05) is 19.0 Å². The van der Waals surface area contributed by atoms with E-state index in [4.69, 9.17) is 10.9 Å². The first-order valence-electron chi connectivity index (χ1n) is 6.34. The van der Waals surface area contributed by atoms with Gasteiger partial charge in [-0.2, -0.15) is 0 Å². The van der Waals surface area contributed by atoms with Gasteiger partial charge in [0.2, 0.25) is 0 Å². The fourth-order valence-corrected chi connectivity index (χ4v) is 2.15. The van der Waals surface area contributed by atoms with E-state index in [1.165, 1.54) is 0 Å². The number of hydrogen-bond acceptors (Lipinski definition) is 4. The molecule has 1 rings (SSSR count). The molecule has 0 saturated carbocycles. The van der Waals surface area contributed by atoms with E-state index in [0.717, 1.165) is 45.3 Å². The van der Waals surface area contributed by atoms with Gasteiger partial charge in [0.1, 0.15) is 5.84 Å². The van der Waals surface area contributed by atoms with Gasteiger partial charge in [0, 0.05) is 18.5 Å². The minimum Gasteiger partial charge on any atom is -0.409 e. The molecule has 17 heavy (non-hydrogen) atoms. The second-order valence-corrected chi connectivity index (χ2v) is 5.55. The molecule has 100 valence electrons. The lowest BCUT2D eigenvalue weighted by atomic mass is 9.86. The Bertz CT molecular complexity index is 258. The molecule has 1 saturated heterocycles. The van der Waals surface area contributed by atoms with Gasteiger partial charge >= 0.3 is 0 Å². The maximum absolute atomic E-state index is 9.40. The summed E-state index contributed by atoms with van der Waals surface area (Å²) in [4.78, 5) is 2.37. The molecule has 0 aliphatic carbocycles. The summed E-state index contributed by atoms with van der Waals surface area (Å²) < 4.78 is 0. The summed E-state index contributed by atoms with van der Waals surface area (Å²) in [6, 6.07) is 0. The van der Waals surface area contributed by atoms with Crippen LogP contribution in [0.5, 0.6) is 0 Å².